The maximum Gasteiger partial charge on any atom is 0.122 e. The minimum atomic E-state index is -0.0412. The summed E-state index contributed by atoms with van der Waals surface area (Å²) in [6.07, 6.45) is 0.876. The number of hydrogen-bond acceptors (Lipinski definition) is 1. The molecular formula is C15H23BrO. The minimum absolute atomic E-state index is 0.0412. The Morgan fingerprint density at radius 2 is 1.59 bits per heavy atom. The van der Waals surface area contributed by atoms with Gasteiger partial charge in [-0.15, -0.1) is 0 Å². The first kappa shape index (κ1) is 14.6. The Balaban J connectivity index is 3.29. The summed E-state index contributed by atoms with van der Waals surface area (Å²) < 4.78 is 1.04. The third-order valence-electron chi connectivity index (χ3n) is 2.68. The minimum Gasteiger partial charge on any atom is -0.507 e. The smallest absolute Gasteiger partial charge is 0.122 e. The molecule has 1 aromatic rings. The van der Waals surface area contributed by atoms with Gasteiger partial charge < -0.3 is 5.11 Å². The lowest BCUT2D eigenvalue weighted by Gasteiger charge is -2.25. The van der Waals surface area contributed by atoms with Crippen LogP contribution in [-0.2, 0) is 11.8 Å². The van der Waals surface area contributed by atoms with Crippen LogP contribution in [0.25, 0.3) is 0 Å². The molecular weight excluding hydrogens is 276 g/mol. The maximum absolute atomic E-state index is 10.4. The fourth-order valence-electron chi connectivity index (χ4n) is 1.93. The van der Waals surface area contributed by atoms with E-state index in [1.54, 1.807) is 0 Å². The van der Waals surface area contributed by atoms with Gasteiger partial charge in [0.1, 0.15) is 5.75 Å². The topological polar surface area (TPSA) is 20.2 Å². The van der Waals surface area contributed by atoms with Gasteiger partial charge in [0.15, 0.2) is 0 Å². The zero-order chi connectivity index (χ0) is 13.4. The van der Waals surface area contributed by atoms with Crippen molar-refractivity contribution in [2.45, 2.75) is 53.4 Å². The lowest BCUT2D eigenvalue weighted by atomic mass is 9.82. The Bertz CT molecular complexity index is 408. The van der Waals surface area contributed by atoms with E-state index in [9.17, 15) is 5.11 Å². The first-order valence-corrected chi connectivity index (χ1v) is 6.82. The van der Waals surface area contributed by atoms with Crippen molar-refractivity contribution in [3.05, 3.63) is 27.7 Å². The highest BCUT2D eigenvalue weighted by Crippen LogP contribution is 2.38. The van der Waals surface area contributed by atoms with Gasteiger partial charge in [-0.1, -0.05) is 57.5 Å². The van der Waals surface area contributed by atoms with Gasteiger partial charge in [0.2, 0.25) is 0 Å². The Morgan fingerprint density at radius 3 is 2.00 bits per heavy atom. The molecule has 1 N–H and O–H groups in total. The number of hydrogen-bond donors (Lipinski definition) is 1. The molecule has 0 atom stereocenters. The van der Waals surface area contributed by atoms with E-state index < -0.39 is 0 Å². The van der Waals surface area contributed by atoms with E-state index in [0.717, 1.165) is 22.0 Å². The van der Waals surface area contributed by atoms with Gasteiger partial charge in [-0.3, -0.25) is 0 Å². The molecule has 1 nitrogen and oxygen atoms in total. The van der Waals surface area contributed by atoms with Gasteiger partial charge in [-0.05, 0) is 34.9 Å². The Hall–Kier alpha value is -0.500. The summed E-state index contributed by atoms with van der Waals surface area (Å²) in [6.45, 7) is 12.9. The van der Waals surface area contributed by atoms with Crippen molar-refractivity contribution in [2.75, 3.05) is 0 Å². The summed E-state index contributed by atoms with van der Waals surface area (Å²) >= 11 is 3.54. The van der Waals surface area contributed by atoms with Crippen LogP contribution in [0.2, 0.25) is 0 Å². The molecule has 96 valence electrons. The number of phenolic OH excluding ortho intramolecular Hbond substituents is 1. The second kappa shape index (κ2) is 4.64. The first-order valence-electron chi connectivity index (χ1n) is 6.02. The molecule has 1 rings (SSSR count). The van der Waals surface area contributed by atoms with Gasteiger partial charge in [0.25, 0.3) is 0 Å². The van der Waals surface area contributed by atoms with Crippen LogP contribution in [0.15, 0.2) is 16.6 Å². The lowest BCUT2D eigenvalue weighted by molar-refractivity contribution is 0.388. The molecule has 0 bridgehead atoms. The highest BCUT2D eigenvalue weighted by atomic mass is 79.9. The van der Waals surface area contributed by atoms with Gasteiger partial charge in [0.05, 0.1) is 0 Å². The van der Waals surface area contributed by atoms with Crippen LogP contribution in [0.3, 0.4) is 0 Å². The summed E-state index contributed by atoms with van der Waals surface area (Å²) in [5, 5.41) is 10.4. The summed E-state index contributed by atoms with van der Waals surface area (Å²) in [7, 11) is 0. The third-order valence-corrected chi connectivity index (χ3v) is 3.14. The number of halogens is 1. The van der Waals surface area contributed by atoms with E-state index in [-0.39, 0.29) is 10.8 Å². The molecule has 0 aromatic heterocycles. The molecule has 0 fully saturated rings. The fourth-order valence-corrected chi connectivity index (χ4v) is 2.44. The molecule has 0 aliphatic heterocycles. The molecule has 0 amide bonds. The SMILES string of the molecule is CC(C)(C)Cc1cc(Br)cc(C(C)(C)C)c1O. The van der Waals surface area contributed by atoms with Gasteiger partial charge in [-0.2, -0.15) is 0 Å². The van der Waals surface area contributed by atoms with Crippen molar-refractivity contribution in [2.24, 2.45) is 5.41 Å². The van der Waals surface area contributed by atoms with E-state index >= 15 is 0 Å². The zero-order valence-corrected chi connectivity index (χ0v) is 13.3. The van der Waals surface area contributed by atoms with Crippen LogP contribution < -0.4 is 0 Å². The molecule has 0 spiro atoms. The highest BCUT2D eigenvalue weighted by molar-refractivity contribution is 9.10. The Kier molecular flexibility index (Phi) is 3.97. The maximum atomic E-state index is 10.4. The van der Waals surface area contributed by atoms with E-state index in [4.69, 9.17) is 0 Å². The molecule has 0 heterocycles. The monoisotopic (exact) mass is 298 g/mol. The zero-order valence-electron chi connectivity index (χ0n) is 11.7. The Morgan fingerprint density at radius 1 is 1.06 bits per heavy atom. The predicted octanol–water partition coefficient (Wildman–Crippen LogP) is 5.04. The standard InChI is InChI=1S/C15H23BrO/c1-14(2,3)9-10-7-11(16)8-12(13(10)17)15(4,5)6/h7-8,17H,9H2,1-6H3. The molecule has 0 aliphatic carbocycles. The quantitative estimate of drug-likeness (QED) is 0.770. The van der Waals surface area contributed by atoms with E-state index in [1.807, 2.05) is 12.1 Å². The molecule has 17 heavy (non-hydrogen) atoms. The van der Waals surface area contributed by atoms with Crippen LogP contribution in [0.5, 0.6) is 5.75 Å². The first-order chi connectivity index (χ1) is 7.50. The van der Waals surface area contributed by atoms with Crippen molar-refractivity contribution in [3.63, 3.8) is 0 Å². The summed E-state index contributed by atoms with van der Waals surface area (Å²) in [6, 6.07) is 4.04. The number of rotatable bonds is 1. The molecule has 0 unspecified atom stereocenters. The van der Waals surface area contributed by atoms with Crippen molar-refractivity contribution < 1.29 is 5.11 Å². The van der Waals surface area contributed by atoms with E-state index in [2.05, 4.69) is 57.5 Å². The van der Waals surface area contributed by atoms with Crippen molar-refractivity contribution in [1.29, 1.82) is 0 Å². The van der Waals surface area contributed by atoms with Gasteiger partial charge >= 0.3 is 0 Å². The van der Waals surface area contributed by atoms with Crippen LogP contribution in [-0.4, -0.2) is 5.11 Å². The van der Waals surface area contributed by atoms with Crippen molar-refractivity contribution >= 4 is 15.9 Å². The van der Waals surface area contributed by atoms with E-state index in [1.165, 1.54) is 0 Å². The fraction of sp³-hybridized carbons (Fsp3) is 0.600. The van der Waals surface area contributed by atoms with Crippen molar-refractivity contribution in [1.82, 2.24) is 0 Å². The number of benzene rings is 1. The number of phenols is 1. The highest BCUT2D eigenvalue weighted by Gasteiger charge is 2.23. The summed E-state index contributed by atoms with van der Waals surface area (Å²) in [4.78, 5) is 0. The molecule has 1 aromatic carbocycles. The molecule has 0 saturated carbocycles. The largest absolute Gasteiger partial charge is 0.507 e. The molecule has 0 aliphatic rings. The molecule has 2 heteroatoms. The average molecular weight is 299 g/mol. The normalized spacial score (nSPS) is 12.9. The molecule has 0 radical (unpaired) electrons. The Labute approximate surface area is 113 Å². The van der Waals surface area contributed by atoms with Crippen LogP contribution in [0.4, 0.5) is 0 Å². The van der Waals surface area contributed by atoms with Crippen LogP contribution in [0, 0.1) is 5.41 Å². The van der Waals surface area contributed by atoms with Gasteiger partial charge in [-0.25, -0.2) is 0 Å². The number of aromatic hydroxyl groups is 1. The summed E-state index contributed by atoms with van der Waals surface area (Å²) in [5.41, 5.74) is 2.16. The van der Waals surface area contributed by atoms with Crippen LogP contribution >= 0.6 is 15.9 Å². The van der Waals surface area contributed by atoms with Crippen molar-refractivity contribution in [3.8, 4) is 5.75 Å². The van der Waals surface area contributed by atoms with E-state index in [0.29, 0.717) is 5.75 Å². The average Bonchev–Trinajstić information content (AvgIpc) is 2.06. The predicted molar refractivity (Wildman–Crippen MR) is 77.7 cm³/mol. The lowest BCUT2D eigenvalue weighted by Crippen LogP contribution is -2.14. The second-order valence-corrected chi connectivity index (χ2v) is 7.86. The third kappa shape index (κ3) is 4.02. The van der Waals surface area contributed by atoms with Crippen LogP contribution in [0.1, 0.15) is 52.7 Å². The second-order valence-electron chi connectivity index (χ2n) is 6.95. The molecule has 0 saturated heterocycles. The van der Waals surface area contributed by atoms with Gasteiger partial charge in [0, 0.05) is 10.0 Å². The summed E-state index contributed by atoms with van der Waals surface area (Å²) in [5.74, 6) is 0.454.